The van der Waals surface area contributed by atoms with Crippen LogP contribution >= 0.6 is 35.0 Å². The van der Waals surface area contributed by atoms with Crippen LogP contribution in [0.5, 0.6) is 0 Å². The van der Waals surface area contributed by atoms with Crippen molar-refractivity contribution in [3.63, 3.8) is 0 Å². The molecule has 0 aliphatic carbocycles. The van der Waals surface area contributed by atoms with Crippen molar-refractivity contribution in [1.82, 2.24) is 9.88 Å². The van der Waals surface area contributed by atoms with Gasteiger partial charge in [-0.3, -0.25) is 4.79 Å². The average molecular weight is 395 g/mol. The van der Waals surface area contributed by atoms with Crippen LogP contribution in [-0.4, -0.2) is 28.9 Å². The number of pyridine rings is 1. The maximum absolute atomic E-state index is 12.7. The summed E-state index contributed by atoms with van der Waals surface area (Å²) >= 11 is 13.7. The molecule has 2 heterocycles. The molecule has 0 saturated carbocycles. The van der Waals surface area contributed by atoms with Crippen LogP contribution in [0.3, 0.4) is 0 Å². The summed E-state index contributed by atoms with van der Waals surface area (Å²) in [6.07, 6.45) is 2.26. The zero-order chi connectivity index (χ0) is 17.8. The molecule has 1 aliphatic rings. The van der Waals surface area contributed by atoms with Crippen molar-refractivity contribution < 1.29 is 4.79 Å². The van der Waals surface area contributed by atoms with Gasteiger partial charge in [0.2, 0.25) is 0 Å². The van der Waals surface area contributed by atoms with Crippen molar-refractivity contribution in [2.24, 2.45) is 5.92 Å². The maximum atomic E-state index is 12.7. The molecule has 1 amide bonds. The van der Waals surface area contributed by atoms with E-state index < -0.39 is 0 Å². The second kappa shape index (κ2) is 8.43. The number of rotatable bonds is 4. The van der Waals surface area contributed by atoms with Crippen LogP contribution in [0.1, 0.15) is 35.9 Å². The first-order chi connectivity index (χ1) is 12.0. The smallest absolute Gasteiger partial charge is 0.272 e. The van der Waals surface area contributed by atoms with E-state index in [2.05, 4.69) is 11.9 Å². The number of hydrogen-bond donors (Lipinski definition) is 0. The predicted octanol–water partition coefficient (Wildman–Crippen LogP) is 5.55. The molecule has 0 bridgehead atoms. The Morgan fingerprint density at radius 3 is 2.92 bits per heavy atom. The van der Waals surface area contributed by atoms with Crippen LogP contribution in [-0.2, 0) is 5.75 Å². The first-order valence-electron chi connectivity index (χ1n) is 8.36. The van der Waals surface area contributed by atoms with Crippen molar-refractivity contribution in [2.75, 3.05) is 13.1 Å². The topological polar surface area (TPSA) is 33.2 Å². The molecule has 3 rings (SSSR count). The summed E-state index contributed by atoms with van der Waals surface area (Å²) in [5.41, 5.74) is 1.39. The largest absolute Gasteiger partial charge is 0.337 e. The lowest BCUT2D eigenvalue weighted by Crippen LogP contribution is -2.39. The Morgan fingerprint density at radius 2 is 2.16 bits per heavy atom. The molecule has 1 unspecified atom stereocenters. The third kappa shape index (κ3) is 4.90. The molecule has 1 saturated heterocycles. The highest BCUT2D eigenvalue weighted by Gasteiger charge is 2.22. The molecule has 2 aromatic rings. The zero-order valence-electron chi connectivity index (χ0n) is 14.0. The minimum Gasteiger partial charge on any atom is -0.337 e. The molecule has 6 heteroatoms. The van der Waals surface area contributed by atoms with Gasteiger partial charge in [-0.05, 0) is 49.1 Å². The predicted molar refractivity (Wildman–Crippen MR) is 105 cm³/mol. The van der Waals surface area contributed by atoms with Crippen molar-refractivity contribution in [3.05, 3.63) is 57.8 Å². The summed E-state index contributed by atoms with van der Waals surface area (Å²) < 4.78 is 0. The Labute approximate surface area is 162 Å². The third-order valence-electron chi connectivity index (χ3n) is 4.24. The molecule has 1 aromatic heterocycles. The lowest BCUT2D eigenvalue weighted by atomic mass is 10.00. The molecular formula is C19H20Cl2N2OS. The molecule has 0 N–H and O–H groups in total. The van der Waals surface area contributed by atoms with E-state index in [1.54, 1.807) is 23.9 Å². The molecule has 0 spiro atoms. The summed E-state index contributed by atoms with van der Waals surface area (Å²) in [6.45, 7) is 3.83. The van der Waals surface area contributed by atoms with E-state index in [1.807, 2.05) is 29.2 Å². The van der Waals surface area contributed by atoms with E-state index in [4.69, 9.17) is 23.2 Å². The number of thioether (sulfide) groups is 1. The zero-order valence-corrected chi connectivity index (χ0v) is 16.4. The van der Waals surface area contributed by atoms with Crippen LogP contribution in [0.15, 0.2) is 41.3 Å². The van der Waals surface area contributed by atoms with Gasteiger partial charge in [-0.2, -0.15) is 0 Å². The molecular weight excluding hydrogens is 375 g/mol. The fourth-order valence-electron chi connectivity index (χ4n) is 2.96. The van der Waals surface area contributed by atoms with Gasteiger partial charge >= 0.3 is 0 Å². The van der Waals surface area contributed by atoms with Gasteiger partial charge in [-0.25, -0.2) is 4.98 Å². The average Bonchev–Trinajstić information content (AvgIpc) is 2.60. The van der Waals surface area contributed by atoms with E-state index in [9.17, 15) is 4.79 Å². The second-order valence-corrected chi connectivity index (χ2v) is 8.24. The Balaban J connectivity index is 1.67. The van der Waals surface area contributed by atoms with Gasteiger partial charge in [0.25, 0.3) is 5.91 Å². The molecule has 1 aromatic carbocycles. The number of hydrogen-bond acceptors (Lipinski definition) is 3. The van der Waals surface area contributed by atoms with Gasteiger partial charge in [0.05, 0.1) is 10.7 Å². The summed E-state index contributed by atoms with van der Waals surface area (Å²) in [7, 11) is 0. The van der Waals surface area contributed by atoms with Crippen LogP contribution in [0.4, 0.5) is 0 Å². The molecule has 1 aliphatic heterocycles. The number of halogens is 2. The number of nitrogens with zero attached hydrogens (tertiary/aromatic N) is 2. The highest BCUT2D eigenvalue weighted by molar-refractivity contribution is 7.98. The van der Waals surface area contributed by atoms with Gasteiger partial charge < -0.3 is 4.90 Å². The van der Waals surface area contributed by atoms with Gasteiger partial charge in [0.1, 0.15) is 5.69 Å². The van der Waals surface area contributed by atoms with Gasteiger partial charge in [0.15, 0.2) is 0 Å². The van der Waals surface area contributed by atoms with Crippen molar-refractivity contribution >= 4 is 40.9 Å². The monoisotopic (exact) mass is 394 g/mol. The summed E-state index contributed by atoms with van der Waals surface area (Å²) in [5, 5.41) is 1.25. The molecule has 3 nitrogen and oxygen atoms in total. The lowest BCUT2D eigenvalue weighted by Gasteiger charge is -2.30. The van der Waals surface area contributed by atoms with Crippen LogP contribution in [0.25, 0.3) is 0 Å². The summed E-state index contributed by atoms with van der Waals surface area (Å²) in [4.78, 5) is 20.1. The Morgan fingerprint density at radius 1 is 1.32 bits per heavy atom. The van der Waals surface area contributed by atoms with Crippen LogP contribution in [0.2, 0.25) is 10.0 Å². The number of likely N-dealkylation sites (tertiary alicyclic amines) is 1. The molecule has 0 radical (unpaired) electrons. The highest BCUT2D eigenvalue weighted by Crippen LogP contribution is 2.31. The standard InChI is InChI=1S/C19H20Cl2N2OS/c1-13-4-3-9-23(11-13)19(24)17-6-2-5-15(22-17)12-25-18-8-7-14(20)10-16(18)21/h2,5-8,10,13H,3-4,9,11-12H2,1H3. The normalized spacial score (nSPS) is 17.6. The Hall–Kier alpha value is -1.23. The second-order valence-electron chi connectivity index (χ2n) is 6.38. The fraction of sp³-hybridized carbons (Fsp3) is 0.368. The van der Waals surface area contributed by atoms with Crippen molar-refractivity contribution in [2.45, 2.75) is 30.4 Å². The van der Waals surface area contributed by atoms with E-state index in [1.165, 1.54) is 6.42 Å². The summed E-state index contributed by atoms with van der Waals surface area (Å²) in [6, 6.07) is 11.1. The number of amides is 1. The molecule has 1 fully saturated rings. The minimum atomic E-state index is 0.0305. The molecule has 1 atom stereocenters. The maximum Gasteiger partial charge on any atom is 0.272 e. The fourth-order valence-corrected chi connectivity index (χ4v) is 4.36. The van der Waals surface area contributed by atoms with Gasteiger partial charge in [0, 0.05) is 28.8 Å². The molecule has 132 valence electrons. The SMILES string of the molecule is CC1CCCN(C(=O)c2cccc(CSc3ccc(Cl)cc3Cl)n2)C1. The van der Waals surface area contributed by atoms with E-state index in [-0.39, 0.29) is 5.91 Å². The Kier molecular flexibility index (Phi) is 6.26. The van der Waals surface area contributed by atoms with Gasteiger partial charge in [-0.15, -0.1) is 11.8 Å². The third-order valence-corrected chi connectivity index (χ3v) is 6.01. The number of benzene rings is 1. The highest BCUT2D eigenvalue weighted by atomic mass is 35.5. The Bertz CT molecular complexity index is 769. The van der Waals surface area contributed by atoms with E-state index >= 15 is 0 Å². The number of piperidine rings is 1. The van der Waals surface area contributed by atoms with Gasteiger partial charge in [-0.1, -0.05) is 36.2 Å². The van der Waals surface area contributed by atoms with E-state index in [0.717, 1.165) is 30.1 Å². The quantitative estimate of drug-likeness (QED) is 0.636. The lowest BCUT2D eigenvalue weighted by molar-refractivity contribution is 0.0677. The first kappa shape index (κ1) is 18.6. The number of aromatic nitrogens is 1. The minimum absolute atomic E-state index is 0.0305. The number of carbonyl (C=O) groups is 1. The van der Waals surface area contributed by atoms with Crippen molar-refractivity contribution in [3.8, 4) is 0 Å². The van der Waals surface area contributed by atoms with Crippen molar-refractivity contribution in [1.29, 1.82) is 0 Å². The number of carbonyl (C=O) groups excluding carboxylic acids is 1. The molecule has 25 heavy (non-hydrogen) atoms. The summed E-state index contributed by atoms with van der Waals surface area (Å²) in [5.74, 6) is 1.24. The first-order valence-corrected chi connectivity index (χ1v) is 10.1. The van der Waals surface area contributed by atoms with Crippen LogP contribution < -0.4 is 0 Å². The van der Waals surface area contributed by atoms with E-state index in [0.29, 0.717) is 27.4 Å². The van der Waals surface area contributed by atoms with Crippen LogP contribution in [0, 0.1) is 5.92 Å².